The molecule has 0 unspecified atom stereocenters. The number of halogens is 1. The molecular weight excluding hydrogens is 312 g/mol. The number of carbonyl (C=O) groups is 1. The van der Waals surface area contributed by atoms with Gasteiger partial charge in [0.05, 0.1) is 5.75 Å². The first-order valence-electron chi connectivity index (χ1n) is 6.81. The maximum atomic E-state index is 11.8. The molecule has 1 amide bonds. The van der Waals surface area contributed by atoms with E-state index in [1.54, 1.807) is 38.1 Å². The minimum absolute atomic E-state index is 0.0472. The van der Waals surface area contributed by atoms with Crippen molar-refractivity contribution in [3.63, 3.8) is 0 Å². The predicted molar refractivity (Wildman–Crippen MR) is 87.3 cm³/mol. The van der Waals surface area contributed by atoms with Gasteiger partial charge in [0.2, 0.25) is 15.9 Å². The van der Waals surface area contributed by atoms with E-state index in [0.717, 1.165) is 0 Å². The summed E-state index contributed by atoms with van der Waals surface area (Å²) in [6, 6.07) is 6.57. The van der Waals surface area contributed by atoms with Crippen LogP contribution in [-0.2, 0) is 14.8 Å². The zero-order chi connectivity index (χ0) is 15.9. The lowest BCUT2D eigenvalue weighted by atomic mass is 10.2. The van der Waals surface area contributed by atoms with Crippen LogP contribution < -0.4 is 10.0 Å². The minimum Gasteiger partial charge on any atom is -0.326 e. The lowest BCUT2D eigenvalue weighted by molar-refractivity contribution is -0.118. The Kier molecular flexibility index (Phi) is 6.98. The number of carbonyl (C=O) groups excluding carboxylic acids is 1. The highest BCUT2D eigenvalue weighted by atomic mass is 35.5. The van der Waals surface area contributed by atoms with Crippen LogP contribution in [0.4, 0.5) is 11.4 Å². The number of hydrogen-bond donors (Lipinski definition) is 2. The van der Waals surface area contributed by atoms with Gasteiger partial charge < -0.3 is 5.32 Å². The van der Waals surface area contributed by atoms with E-state index in [1.807, 2.05) is 0 Å². The van der Waals surface area contributed by atoms with E-state index < -0.39 is 10.0 Å². The first-order valence-corrected chi connectivity index (χ1v) is 9.00. The molecule has 1 aromatic rings. The molecule has 0 aliphatic heterocycles. The SMILES string of the molecule is CC(C)C(=O)Nc1ccc(NS(=O)(=O)CCCCCl)cc1. The summed E-state index contributed by atoms with van der Waals surface area (Å²) in [6.07, 6.45) is 1.20. The van der Waals surface area contributed by atoms with E-state index in [2.05, 4.69) is 10.0 Å². The van der Waals surface area contributed by atoms with Gasteiger partial charge >= 0.3 is 0 Å². The molecule has 21 heavy (non-hydrogen) atoms. The zero-order valence-electron chi connectivity index (χ0n) is 12.2. The molecule has 0 radical (unpaired) electrons. The molecule has 0 saturated heterocycles. The third kappa shape index (κ3) is 6.82. The van der Waals surface area contributed by atoms with Crippen LogP contribution in [0, 0.1) is 5.92 Å². The van der Waals surface area contributed by atoms with Gasteiger partial charge in [-0.3, -0.25) is 9.52 Å². The molecule has 1 rings (SSSR count). The lowest BCUT2D eigenvalue weighted by Crippen LogP contribution is -2.18. The quantitative estimate of drug-likeness (QED) is 0.567. The number of rotatable bonds is 8. The second-order valence-corrected chi connectivity index (χ2v) is 7.26. The average Bonchev–Trinajstić information content (AvgIpc) is 2.40. The molecule has 0 aromatic heterocycles. The maximum Gasteiger partial charge on any atom is 0.232 e. The summed E-state index contributed by atoms with van der Waals surface area (Å²) in [6.45, 7) is 3.61. The van der Waals surface area contributed by atoms with Crippen molar-refractivity contribution in [2.24, 2.45) is 5.92 Å². The Hall–Kier alpha value is -1.27. The first-order chi connectivity index (χ1) is 9.84. The predicted octanol–water partition coefficient (Wildman–Crippen LogP) is 3.04. The van der Waals surface area contributed by atoms with Gasteiger partial charge in [0.15, 0.2) is 0 Å². The van der Waals surface area contributed by atoms with Crippen LogP contribution in [0.5, 0.6) is 0 Å². The number of alkyl halides is 1. The van der Waals surface area contributed by atoms with Gasteiger partial charge in [0.25, 0.3) is 0 Å². The Balaban J connectivity index is 2.60. The topological polar surface area (TPSA) is 75.3 Å². The van der Waals surface area contributed by atoms with E-state index >= 15 is 0 Å². The van der Waals surface area contributed by atoms with Crippen LogP contribution in [0.15, 0.2) is 24.3 Å². The van der Waals surface area contributed by atoms with Crippen LogP contribution in [0.1, 0.15) is 26.7 Å². The summed E-state index contributed by atoms with van der Waals surface area (Å²) in [4.78, 5) is 11.5. The molecule has 0 atom stereocenters. The molecule has 0 bridgehead atoms. The number of benzene rings is 1. The second-order valence-electron chi connectivity index (χ2n) is 5.04. The Morgan fingerprint density at radius 2 is 1.71 bits per heavy atom. The van der Waals surface area contributed by atoms with Crippen molar-refractivity contribution in [1.29, 1.82) is 0 Å². The van der Waals surface area contributed by atoms with Crippen molar-refractivity contribution in [2.45, 2.75) is 26.7 Å². The highest BCUT2D eigenvalue weighted by Gasteiger charge is 2.10. The summed E-state index contributed by atoms with van der Waals surface area (Å²) in [5.74, 6) is 0.320. The van der Waals surface area contributed by atoms with E-state index in [4.69, 9.17) is 11.6 Å². The van der Waals surface area contributed by atoms with E-state index in [-0.39, 0.29) is 17.6 Å². The molecule has 0 aliphatic carbocycles. The number of hydrogen-bond acceptors (Lipinski definition) is 3. The third-order valence-corrected chi connectivity index (χ3v) is 4.39. The minimum atomic E-state index is -3.35. The van der Waals surface area contributed by atoms with Gasteiger partial charge in [0.1, 0.15) is 0 Å². The molecule has 5 nitrogen and oxygen atoms in total. The largest absolute Gasteiger partial charge is 0.326 e. The molecule has 0 aliphatic rings. The van der Waals surface area contributed by atoms with Crippen LogP contribution in [0.3, 0.4) is 0 Å². The summed E-state index contributed by atoms with van der Waals surface area (Å²) < 4.78 is 26.1. The van der Waals surface area contributed by atoms with Crippen LogP contribution >= 0.6 is 11.6 Å². The number of amides is 1. The number of nitrogens with one attached hydrogen (secondary N) is 2. The highest BCUT2D eigenvalue weighted by molar-refractivity contribution is 7.92. The van der Waals surface area contributed by atoms with Crippen LogP contribution in [0.2, 0.25) is 0 Å². The van der Waals surface area contributed by atoms with Gasteiger partial charge in [-0.25, -0.2) is 8.42 Å². The Morgan fingerprint density at radius 3 is 2.24 bits per heavy atom. The lowest BCUT2D eigenvalue weighted by Gasteiger charge is -2.10. The van der Waals surface area contributed by atoms with Gasteiger partial charge in [-0.15, -0.1) is 11.6 Å². The zero-order valence-corrected chi connectivity index (χ0v) is 13.8. The normalized spacial score (nSPS) is 11.4. The van der Waals surface area contributed by atoms with Crippen molar-refractivity contribution >= 4 is 38.9 Å². The standard InChI is InChI=1S/C14H21ClN2O3S/c1-11(2)14(18)16-12-5-7-13(8-6-12)17-21(19,20)10-4-3-9-15/h5-8,11,17H,3-4,9-10H2,1-2H3,(H,16,18). The fraction of sp³-hybridized carbons (Fsp3) is 0.500. The van der Waals surface area contributed by atoms with Crippen molar-refractivity contribution in [3.05, 3.63) is 24.3 Å². The summed E-state index contributed by atoms with van der Waals surface area (Å²) >= 11 is 5.52. The van der Waals surface area contributed by atoms with Gasteiger partial charge in [-0.2, -0.15) is 0 Å². The molecule has 118 valence electrons. The van der Waals surface area contributed by atoms with Crippen molar-refractivity contribution < 1.29 is 13.2 Å². The van der Waals surface area contributed by atoms with Crippen LogP contribution in [0.25, 0.3) is 0 Å². The van der Waals surface area contributed by atoms with E-state index in [1.165, 1.54) is 0 Å². The fourth-order valence-electron chi connectivity index (χ4n) is 1.53. The smallest absolute Gasteiger partial charge is 0.232 e. The van der Waals surface area contributed by atoms with Gasteiger partial charge in [0, 0.05) is 23.2 Å². The molecule has 2 N–H and O–H groups in total. The number of unbranched alkanes of at least 4 members (excludes halogenated alkanes) is 1. The monoisotopic (exact) mass is 332 g/mol. The summed E-state index contributed by atoms with van der Waals surface area (Å²) in [5.41, 5.74) is 1.11. The van der Waals surface area contributed by atoms with Crippen molar-refractivity contribution in [1.82, 2.24) is 0 Å². The highest BCUT2D eigenvalue weighted by Crippen LogP contribution is 2.16. The van der Waals surface area contributed by atoms with Gasteiger partial charge in [-0.1, -0.05) is 13.8 Å². The fourth-order valence-corrected chi connectivity index (χ4v) is 2.90. The first kappa shape index (κ1) is 17.8. The van der Waals surface area contributed by atoms with Gasteiger partial charge in [-0.05, 0) is 37.1 Å². The maximum absolute atomic E-state index is 11.8. The molecular formula is C14H21ClN2O3S. The number of sulfonamides is 1. The summed E-state index contributed by atoms with van der Waals surface area (Å²) in [5, 5.41) is 2.74. The molecule has 1 aromatic carbocycles. The average molecular weight is 333 g/mol. The van der Waals surface area contributed by atoms with Crippen LogP contribution in [-0.4, -0.2) is 26.0 Å². The van der Waals surface area contributed by atoms with E-state index in [9.17, 15) is 13.2 Å². The third-order valence-electron chi connectivity index (χ3n) is 2.75. The van der Waals surface area contributed by atoms with E-state index in [0.29, 0.717) is 30.1 Å². The molecule has 0 fully saturated rings. The van der Waals surface area contributed by atoms with Crippen molar-refractivity contribution in [2.75, 3.05) is 21.7 Å². The second kappa shape index (κ2) is 8.24. The molecule has 7 heteroatoms. The Bertz CT molecular complexity index is 556. The summed E-state index contributed by atoms with van der Waals surface area (Å²) in [7, 11) is -3.35. The Morgan fingerprint density at radius 1 is 1.14 bits per heavy atom. The number of anilines is 2. The molecule has 0 saturated carbocycles. The molecule has 0 heterocycles. The van der Waals surface area contributed by atoms with Crippen molar-refractivity contribution in [3.8, 4) is 0 Å². The Labute approximate surface area is 131 Å². The molecule has 0 spiro atoms.